The van der Waals surface area contributed by atoms with Crippen LogP contribution >= 0.6 is 24.0 Å². The Morgan fingerprint density at radius 1 is 1.15 bits per heavy atom. The fourth-order valence-electron chi connectivity index (χ4n) is 4.09. The van der Waals surface area contributed by atoms with Crippen LogP contribution in [0.15, 0.2) is 4.99 Å². The van der Waals surface area contributed by atoms with E-state index in [9.17, 15) is 4.79 Å². The lowest BCUT2D eigenvalue weighted by molar-refractivity contribution is -0.121. The maximum Gasteiger partial charge on any atom is 0.220 e. The first-order valence-corrected chi connectivity index (χ1v) is 10.0. The Balaban J connectivity index is 0.00000338. The van der Waals surface area contributed by atoms with E-state index < -0.39 is 0 Å². The van der Waals surface area contributed by atoms with Crippen LogP contribution in [-0.2, 0) is 4.79 Å². The van der Waals surface area contributed by atoms with E-state index in [1.54, 1.807) is 7.05 Å². The van der Waals surface area contributed by atoms with Gasteiger partial charge in [-0.05, 0) is 38.6 Å². The SMILES string of the molecule is CN=C(NCCN(C)C1CCCCC1)N1CCC(CC(=O)NC)CC1.I. The smallest absolute Gasteiger partial charge is 0.220 e. The third-order valence-electron chi connectivity index (χ3n) is 5.82. The summed E-state index contributed by atoms with van der Waals surface area (Å²) in [4.78, 5) is 20.8. The first-order chi connectivity index (χ1) is 12.1. The number of carbonyl (C=O) groups is 1. The highest BCUT2D eigenvalue weighted by Gasteiger charge is 2.23. The Morgan fingerprint density at radius 2 is 1.81 bits per heavy atom. The average molecular weight is 479 g/mol. The van der Waals surface area contributed by atoms with E-state index in [2.05, 4.69) is 32.5 Å². The van der Waals surface area contributed by atoms with Crippen LogP contribution in [0, 0.1) is 5.92 Å². The lowest BCUT2D eigenvalue weighted by Crippen LogP contribution is -2.48. The van der Waals surface area contributed by atoms with Gasteiger partial charge in [-0.1, -0.05) is 19.3 Å². The molecule has 0 radical (unpaired) electrons. The molecule has 0 aromatic carbocycles. The van der Waals surface area contributed by atoms with Crippen LogP contribution in [0.3, 0.4) is 0 Å². The van der Waals surface area contributed by atoms with Crippen LogP contribution in [0.4, 0.5) is 0 Å². The molecule has 6 nitrogen and oxygen atoms in total. The van der Waals surface area contributed by atoms with Gasteiger partial charge in [-0.2, -0.15) is 0 Å². The Hall–Kier alpha value is -0.570. The topological polar surface area (TPSA) is 60.0 Å². The van der Waals surface area contributed by atoms with Gasteiger partial charge < -0.3 is 20.4 Å². The van der Waals surface area contributed by atoms with Crippen LogP contribution in [-0.4, -0.2) is 75.0 Å². The summed E-state index contributed by atoms with van der Waals surface area (Å²) in [5.41, 5.74) is 0. The van der Waals surface area contributed by atoms with Crippen molar-refractivity contribution in [1.82, 2.24) is 20.4 Å². The van der Waals surface area contributed by atoms with Crippen molar-refractivity contribution in [1.29, 1.82) is 0 Å². The van der Waals surface area contributed by atoms with Gasteiger partial charge in [0.15, 0.2) is 5.96 Å². The molecule has 1 amide bonds. The minimum Gasteiger partial charge on any atom is -0.359 e. The Labute approximate surface area is 176 Å². The van der Waals surface area contributed by atoms with E-state index in [-0.39, 0.29) is 29.9 Å². The molecular formula is C19H38IN5O. The Bertz CT molecular complexity index is 432. The lowest BCUT2D eigenvalue weighted by atomic mass is 9.93. The first kappa shape index (κ1) is 23.5. The predicted molar refractivity (Wildman–Crippen MR) is 119 cm³/mol. The number of guanidine groups is 1. The molecule has 0 bridgehead atoms. The number of halogens is 1. The molecule has 152 valence electrons. The number of aliphatic imine (C=N–C) groups is 1. The molecular weight excluding hydrogens is 441 g/mol. The summed E-state index contributed by atoms with van der Waals surface area (Å²) in [7, 11) is 5.84. The van der Waals surface area contributed by atoms with Gasteiger partial charge in [0.05, 0.1) is 0 Å². The molecule has 1 aliphatic heterocycles. The summed E-state index contributed by atoms with van der Waals surface area (Å²) in [5, 5.41) is 6.26. The molecule has 7 heteroatoms. The minimum atomic E-state index is 0. The zero-order chi connectivity index (χ0) is 18.1. The maximum atomic E-state index is 11.5. The molecule has 0 atom stereocenters. The zero-order valence-electron chi connectivity index (χ0n) is 16.8. The van der Waals surface area contributed by atoms with E-state index >= 15 is 0 Å². The summed E-state index contributed by atoms with van der Waals surface area (Å²) < 4.78 is 0. The molecule has 26 heavy (non-hydrogen) atoms. The number of hydrogen-bond acceptors (Lipinski definition) is 3. The van der Waals surface area contributed by atoms with Crippen LogP contribution in [0.5, 0.6) is 0 Å². The Morgan fingerprint density at radius 3 is 2.38 bits per heavy atom. The van der Waals surface area contributed by atoms with Crippen molar-refractivity contribution in [3.8, 4) is 0 Å². The van der Waals surface area contributed by atoms with E-state index in [0.717, 1.165) is 51.0 Å². The molecule has 2 rings (SSSR count). The van der Waals surface area contributed by atoms with Crippen molar-refractivity contribution < 1.29 is 4.79 Å². The molecule has 2 fully saturated rings. The van der Waals surface area contributed by atoms with Crippen molar-refractivity contribution >= 4 is 35.8 Å². The van der Waals surface area contributed by atoms with Crippen LogP contribution in [0.2, 0.25) is 0 Å². The second-order valence-corrected chi connectivity index (χ2v) is 7.55. The third-order valence-corrected chi connectivity index (χ3v) is 5.82. The Kier molecular flexibility index (Phi) is 11.5. The number of piperidine rings is 1. The highest BCUT2D eigenvalue weighted by molar-refractivity contribution is 14.0. The normalized spacial score (nSPS) is 20.0. The second-order valence-electron chi connectivity index (χ2n) is 7.55. The highest BCUT2D eigenvalue weighted by atomic mass is 127. The van der Waals surface area contributed by atoms with Gasteiger partial charge in [-0.25, -0.2) is 0 Å². The second kappa shape index (κ2) is 12.8. The number of likely N-dealkylation sites (N-methyl/N-ethyl adjacent to an activating group) is 1. The van der Waals surface area contributed by atoms with E-state index in [4.69, 9.17) is 0 Å². The summed E-state index contributed by atoms with van der Waals surface area (Å²) in [6, 6.07) is 0.762. The minimum absolute atomic E-state index is 0. The quantitative estimate of drug-likeness (QED) is 0.349. The van der Waals surface area contributed by atoms with Crippen molar-refractivity contribution in [2.45, 2.75) is 57.4 Å². The number of carbonyl (C=O) groups excluding carboxylic acids is 1. The molecule has 1 aliphatic carbocycles. The standard InChI is InChI=1S/C19H37N5O.HI/c1-20-18(25)15-16-9-12-24(13-10-16)19(21-2)22-11-14-23(3)17-7-5-4-6-8-17;/h16-17H,4-15H2,1-3H3,(H,20,25)(H,21,22);1H. The molecule has 1 saturated carbocycles. The average Bonchev–Trinajstić information content (AvgIpc) is 2.66. The first-order valence-electron chi connectivity index (χ1n) is 10.0. The summed E-state index contributed by atoms with van der Waals surface area (Å²) in [6.45, 7) is 3.98. The van der Waals surface area contributed by atoms with Crippen molar-refractivity contribution in [2.24, 2.45) is 10.9 Å². The maximum absolute atomic E-state index is 11.5. The summed E-state index contributed by atoms with van der Waals surface area (Å²) in [6.07, 6.45) is 9.66. The summed E-state index contributed by atoms with van der Waals surface area (Å²) in [5.74, 6) is 1.67. The van der Waals surface area contributed by atoms with Crippen LogP contribution < -0.4 is 10.6 Å². The van der Waals surface area contributed by atoms with Gasteiger partial charge >= 0.3 is 0 Å². The number of amides is 1. The lowest BCUT2D eigenvalue weighted by Gasteiger charge is -2.35. The van der Waals surface area contributed by atoms with Gasteiger partial charge in [0.1, 0.15) is 0 Å². The molecule has 0 unspecified atom stereocenters. The van der Waals surface area contributed by atoms with Crippen molar-refractivity contribution in [3.05, 3.63) is 0 Å². The van der Waals surface area contributed by atoms with Gasteiger partial charge in [-0.15, -0.1) is 24.0 Å². The van der Waals surface area contributed by atoms with E-state index in [0.29, 0.717) is 12.3 Å². The highest BCUT2D eigenvalue weighted by Crippen LogP contribution is 2.22. The number of nitrogens with zero attached hydrogens (tertiary/aromatic N) is 3. The number of rotatable bonds is 6. The van der Waals surface area contributed by atoms with Gasteiger partial charge in [0.25, 0.3) is 0 Å². The monoisotopic (exact) mass is 479 g/mol. The molecule has 2 aliphatic rings. The molecule has 1 saturated heterocycles. The van der Waals surface area contributed by atoms with Crippen LogP contribution in [0.25, 0.3) is 0 Å². The van der Waals surface area contributed by atoms with Crippen molar-refractivity contribution in [2.75, 3.05) is 47.3 Å². The third kappa shape index (κ3) is 7.58. The summed E-state index contributed by atoms with van der Waals surface area (Å²) >= 11 is 0. The molecule has 0 aromatic rings. The zero-order valence-corrected chi connectivity index (χ0v) is 19.1. The fraction of sp³-hybridized carbons (Fsp3) is 0.895. The molecule has 0 aromatic heterocycles. The molecule has 0 spiro atoms. The number of nitrogens with one attached hydrogen (secondary N) is 2. The molecule has 1 heterocycles. The molecule has 2 N–H and O–H groups in total. The van der Waals surface area contributed by atoms with Crippen LogP contribution in [0.1, 0.15) is 51.4 Å². The number of likely N-dealkylation sites (tertiary alicyclic amines) is 1. The van der Waals surface area contributed by atoms with Crippen molar-refractivity contribution in [3.63, 3.8) is 0 Å². The van der Waals surface area contributed by atoms with Gasteiger partial charge in [0, 0.05) is 52.7 Å². The van der Waals surface area contributed by atoms with E-state index in [1.165, 1.54) is 32.1 Å². The predicted octanol–water partition coefficient (Wildman–Crippen LogP) is 2.29. The largest absolute Gasteiger partial charge is 0.359 e. The fourth-order valence-corrected chi connectivity index (χ4v) is 4.09. The van der Waals surface area contributed by atoms with Gasteiger partial charge in [0.2, 0.25) is 5.91 Å². The van der Waals surface area contributed by atoms with Gasteiger partial charge in [-0.3, -0.25) is 9.79 Å². The van der Waals surface area contributed by atoms with E-state index in [1.807, 2.05) is 7.05 Å². The number of hydrogen-bond donors (Lipinski definition) is 2.